The van der Waals surface area contributed by atoms with Crippen LogP contribution in [0.2, 0.25) is 0 Å². The van der Waals surface area contributed by atoms with Gasteiger partial charge in [-0.3, -0.25) is 0 Å². The molecule has 0 amide bonds. The summed E-state index contributed by atoms with van der Waals surface area (Å²) in [5, 5.41) is 0. The number of rotatable bonds is 10. The highest BCUT2D eigenvalue weighted by Gasteiger charge is 2.45. The molecule has 3 aliphatic carbocycles. The maximum Gasteiger partial charge on any atom is 0.358 e. The Kier molecular flexibility index (Phi) is 11.2. The van der Waals surface area contributed by atoms with Gasteiger partial charge in [0.05, 0.1) is 25.2 Å². The number of unbranched alkanes of at least 4 members (excludes halogenated alkanes) is 2. The van der Waals surface area contributed by atoms with E-state index in [4.69, 9.17) is 14.2 Å². The predicted molar refractivity (Wildman–Crippen MR) is 152 cm³/mol. The van der Waals surface area contributed by atoms with Crippen LogP contribution in [0.3, 0.4) is 0 Å². The molecule has 0 unspecified atom stereocenters. The number of alkyl halides is 2. The van der Waals surface area contributed by atoms with E-state index in [1.807, 2.05) is 0 Å². The van der Waals surface area contributed by atoms with Gasteiger partial charge in [-0.2, -0.15) is 8.78 Å². The van der Waals surface area contributed by atoms with Crippen LogP contribution < -0.4 is 0 Å². The minimum absolute atomic E-state index is 0.00227. The fraction of sp³-hybridized carbons (Fsp3) is 0.824. The second-order valence-corrected chi connectivity index (χ2v) is 13.6. The highest BCUT2D eigenvalue weighted by atomic mass is 19.3. The molecule has 238 valence electrons. The lowest BCUT2D eigenvalue weighted by molar-refractivity contribution is -0.303. The average Bonchev–Trinajstić information content (AvgIpc) is 3.00. The zero-order chi connectivity index (χ0) is 29.7. The zero-order valence-electron chi connectivity index (χ0n) is 25.1. The van der Waals surface area contributed by atoms with Gasteiger partial charge in [0.1, 0.15) is 0 Å². The minimum Gasteiger partial charge on any atom is -0.352 e. The maximum absolute atomic E-state index is 15.1. The van der Waals surface area contributed by atoms with E-state index in [1.165, 1.54) is 25.7 Å². The van der Waals surface area contributed by atoms with Crippen molar-refractivity contribution in [2.75, 3.05) is 13.2 Å². The van der Waals surface area contributed by atoms with E-state index in [9.17, 15) is 13.2 Å². The molecule has 0 bridgehead atoms. The molecule has 3 nitrogen and oxygen atoms in total. The third-order valence-electron chi connectivity index (χ3n) is 10.8. The molecule has 5 rings (SSSR count). The summed E-state index contributed by atoms with van der Waals surface area (Å²) in [6.45, 7) is 3.40. The molecule has 42 heavy (non-hydrogen) atoms. The van der Waals surface area contributed by atoms with Crippen molar-refractivity contribution in [1.29, 1.82) is 0 Å². The molecular weight excluding hydrogens is 551 g/mol. The van der Waals surface area contributed by atoms with Crippen LogP contribution in [-0.4, -0.2) is 31.7 Å². The summed E-state index contributed by atoms with van der Waals surface area (Å²) in [5.74, 6) is -2.88. The smallest absolute Gasteiger partial charge is 0.352 e. The molecule has 0 N–H and O–H groups in total. The lowest BCUT2D eigenvalue weighted by Gasteiger charge is -2.42. The Morgan fingerprint density at radius 2 is 1.33 bits per heavy atom. The van der Waals surface area contributed by atoms with E-state index >= 15 is 8.78 Å². The van der Waals surface area contributed by atoms with Crippen molar-refractivity contribution in [3.05, 3.63) is 35.1 Å². The monoisotopic (exact) mass is 600 g/mol. The average molecular weight is 601 g/mol. The number of benzene rings is 1. The van der Waals surface area contributed by atoms with E-state index in [2.05, 4.69) is 6.92 Å². The van der Waals surface area contributed by atoms with Crippen molar-refractivity contribution in [3.8, 4) is 0 Å². The second-order valence-electron chi connectivity index (χ2n) is 13.6. The van der Waals surface area contributed by atoms with Crippen LogP contribution in [0.1, 0.15) is 121 Å². The molecule has 0 atom stereocenters. The summed E-state index contributed by atoms with van der Waals surface area (Å²) in [4.78, 5) is 0. The Labute approximate surface area is 248 Å². The quantitative estimate of drug-likeness (QED) is 0.152. The van der Waals surface area contributed by atoms with Crippen molar-refractivity contribution in [3.63, 3.8) is 0 Å². The Balaban J connectivity index is 0.992. The summed E-state index contributed by atoms with van der Waals surface area (Å²) in [7, 11) is 0. The molecular formula is C34H49F5O3. The van der Waals surface area contributed by atoms with E-state index in [1.54, 1.807) is 0 Å². The first-order valence-electron chi connectivity index (χ1n) is 16.7. The maximum atomic E-state index is 15.1. The Hall–Kier alpha value is -1.25. The third-order valence-corrected chi connectivity index (χ3v) is 10.8. The Bertz CT molecular complexity index is 950. The van der Waals surface area contributed by atoms with Crippen LogP contribution in [0, 0.1) is 47.0 Å². The summed E-state index contributed by atoms with van der Waals surface area (Å²) in [6, 6.07) is 2.23. The number of hydrogen-bond donors (Lipinski definition) is 0. The largest absolute Gasteiger partial charge is 0.358 e. The number of hydrogen-bond acceptors (Lipinski definition) is 3. The van der Waals surface area contributed by atoms with Gasteiger partial charge in [-0.25, -0.2) is 13.2 Å². The Morgan fingerprint density at radius 1 is 0.738 bits per heavy atom. The van der Waals surface area contributed by atoms with Crippen molar-refractivity contribution in [2.45, 2.75) is 134 Å². The van der Waals surface area contributed by atoms with Crippen molar-refractivity contribution >= 4 is 0 Å². The van der Waals surface area contributed by atoms with Gasteiger partial charge >= 0.3 is 6.11 Å². The first-order chi connectivity index (χ1) is 20.2. The summed E-state index contributed by atoms with van der Waals surface area (Å²) in [6.07, 6.45) is 10.2. The molecule has 8 heteroatoms. The minimum atomic E-state index is -3.03. The normalized spacial score (nSPS) is 34.8. The second kappa shape index (κ2) is 14.7. The molecule has 0 aromatic heterocycles. The van der Waals surface area contributed by atoms with Gasteiger partial charge in [-0.15, -0.1) is 0 Å². The molecule has 0 spiro atoms. The van der Waals surface area contributed by atoms with E-state index in [0.717, 1.165) is 63.5 Å². The van der Waals surface area contributed by atoms with Crippen molar-refractivity contribution in [2.24, 2.45) is 29.6 Å². The molecule has 1 aromatic carbocycles. The van der Waals surface area contributed by atoms with Crippen LogP contribution >= 0.6 is 0 Å². The summed E-state index contributed by atoms with van der Waals surface area (Å²) < 4.78 is 88.6. The number of ether oxygens (including phenoxy) is 3. The lowest BCUT2D eigenvalue weighted by atomic mass is 9.77. The SMILES string of the molecule is CCCCCC1CCC(C(F)(F)OC2CCC(C3COC(C4CCC(c5cc(F)c(F)c(F)c5)CC4)OC3)CC2)CC1. The molecule has 1 aromatic rings. The van der Waals surface area contributed by atoms with Crippen LogP contribution in [0.5, 0.6) is 0 Å². The molecule has 1 heterocycles. The summed E-state index contributed by atoms with van der Waals surface area (Å²) in [5.41, 5.74) is 0.512. The molecule has 3 saturated carbocycles. The summed E-state index contributed by atoms with van der Waals surface area (Å²) >= 11 is 0. The number of halogens is 5. The van der Waals surface area contributed by atoms with Crippen molar-refractivity contribution in [1.82, 2.24) is 0 Å². The van der Waals surface area contributed by atoms with Gasteiger partial charge in [-0.1, -0.05) is 32.6 Å². The lowest BCUT2D eigenvalue weighted by Crippen LogP contribution is -2.43. The third kappa shape index (κ3) is 8.06. The first-order valence-corrected chi connectivity index (χ1v) is 16.7. The van der Waals surface area contributed by atoms with Crippen molar-refractivity contribution < 1.29 is 36.2 Å². The van der Waals surface area contributed by atoms with Gasteiger partial charge in [0.15, 0.2) is 23.7 Å². The van der Waals surface area contributed by atoms with Crippen LogP contribution in [0.15, 0.2) is 12.1 Å². The zero-order valence-corrected chi connectivity index (χ0v) is 25.1. The Morgan fingerprint density at radius 3 is 1.93 bits per heavy atom. The van der Waals surface area contributed by atoms with Crippen LogP contribution in [0.4, 0.5) is 22.0 Å². The topological polar surface area (TPSA) is 27.7 Å². The van der Waals surface area contributed by atoms with Gasteiger partial charge in [-0.05, 0) is 112 Å². The highest BCUT2D eigenvalue weighted by Crippen LogP contribution is 2.44. The molecule has 4 fully saturated rings. The van der Waals surface area contributed by atoms with E-state index in [-0.39, 0.29) is 30.1 Å². The van der Waals surface area contributed by atoms with Gasteiger partial charge in [0, 0.05) is 11.8 Å². The molecule has 4 aliphatic rings. The fourth-order valence-electron chi connectivity index (χ4n) is 8.08. The van der Waals surface area contributed by atoms with Gasteiger partial charge in [0.2, 0.25) is 0 Å². The van der Waals surface area contributed by atoms with Gasteiger partial charge < -0.3 is 14.2 Å². The molecule has 0 radical (unpaired) electrons. The molecule has 1 aliphatic heterocycles. The standard InChI is InChI=1S/C34H49F5O3/c1-2-3-4-5-22-6-14-28(15-7-22)34(38,39)42-29-16-12-24(13-17-29)27-20-40-33(41-21-27)25-10-8-23(9-11-25)26-18-30(35)32(37)31(36)19-26/h18-19,22-25,27-29,33H,2-17,20-21H2,1H3. The van der Waals surface area contributed by atoms with Crippen LogP contribution in [0.25, 0.3) is 0 Å². The molecule has 1 saturated heterocycles. The van der Waals surface area contributed by atoms with Crippen LogP contribution in [-0.2, 0) is 14.2 Å². The van der Waals surface area contributed by atoms with E-state index in [0.29, 0.717) is 56.3 Å². The highest BCUT2D eigenvalue weighted by molar-refractivity contribution is 5.23. The predicted octanol–water partition coefficient (Wildman–Crippen LogP) is 9.92. The first kappa shape index (κ1) is 32.2. The van der Waals surface area contributed by atoms with E-state index < -0.39 is 29.5 Å². The van der Waals surface area contributed by atoms with Gasteiger partial charge in [0.25, 0.3) is 0 Å². The fourth-order valence-corrected chi connectivity index (χ4v) is 8.08.